The number of hydrogen-bond donors (Lipinski definition) is 0. The van der Waals surface area contributed by atoms with Crippen LogP contribution in [-0.2, 0) is 14.3 Å². The minimum atomic E-state index is -0.404. The van der Waals surface area contributed by atoms with E-state index in [1.54, 1.807) is 12.1 Å². The lowest BCUT2D eigenvalue weighted by Crippen LogP contribution is -2.28. The van der Waals surface area contributed by atoms with E-state index < -0.39 is 5.97 Å². The second kappa shape index (κ2) is 10.6. The van der Waals surface area contributed by atoms with Crippen LogP contribution in [0, 0.1) is 23.2 Å². The monoisotopic (exact) mass is 412 g/mol. The summed E-state index contributed by atoms with van der Waals surface area (Å²) in [5, 5.41) is 0. The van der Waals surface area contributed by atoms with Crippen LogP contribution in [-0.4, -0.2) is 25.2 Å². The summed E-state index contributed by atoms with van der Waals surface area (Å²) in [5.41, 5.74) is 2.95. The Hall–Kier alpha value is -2.36. The largest absolute Gasteiger partial charge is 0.462 e. The van der Waals surface area contributed by atoms with Crippen molar-refractivity contribution in [2.75, 3.05) is 13.2 Å². The maximum Gasteiger partial charge on any atom is 0.338 e. The second-order valence-corrected chi connectivity index (χ2v) is 9.68. The maximum atomic E-state index is 12.4. The molecule has 4 heteroatoms. The zero-order chi connectivity index (χ0) is 22.3. The van der Waals surface area contributed by atoms with Crippen molar-refractivity contribution in [3.63, 3.8) is 0 Å². The van der Waals surface area contributed by atoms with Crippen molar-refractivity contribution < 1.29 is 19.1 Å². The lowest BCUT2D eigenvalue weighted by atomic mass is 9.80. The van der Waals surface area contributed by atoms with Crippen molar-refractivity contribution >= 4 is 17.5 Å². The lowest BCUT2D eigenvalue weighted by molar-refractivity contribution is -0.152. The average Bonchev–Trinajstić information content (AvgIpc) is 2.69. The number of rotatable bonds is 8. The molecule has 2 rings (SSSR count). The van der Waals surface area contributed by atoms with E-state index in [1.165, 1.54) is 5.57 Å². The van der Waals surface area contributed by atoms with Gasteiger partial charge in [0, 0.05) is 0 Å². The molecule has 2 unspecified atom stereocenters. The van der Waals surface area contributed by atoms with E-state index >= 15 is 0 Å². The Kier molecular flexibility index (Phi) is 8.45. The Morgan fingerprint density at radius 2 is 1.70 bits per heavy atom. The van der Waals surface area contributed by atoms with E-state index in [4.69, 9.17) is 9.47 Å². The molecule has 0 spiro atoms. The fourth-order valence-electron chi connectivity index (χ4n) is 3.64. The third kappa shape index (κ3) is 7.16. The van der Waals surface area contributed by atoms with Gasteiger partial charge in [0.15, 0.2) is 0 Å². The summed E-state index contributed by atoms with van der Waals surface area (Å²) in [4.78, 5) is 24.7. The summed E-state index contributed by atoms with van der Waals surface area (Å²) in [7, 11) is 0. The zero-order valence-corrected chi connectivity index (χ0v) is 19.2. The quantitative estimate of drug-likeness (QED) is 0.384. The SMILES string of the molecule is CC1CC=CC=C1c1ccc(C(=O)OCCOC(=O)C(CC(C)(C)C)C(C)C)cc1. The molecule has 164 valence electrons. The van der Waals surface area contributed by atoms with Gasteiger partial charge in [0.25, 0.3) is 0 Å². The van der Waals surface area contributed by atoms with Crippen molar-refractivity contribution in [1.82, 2.24) is 0 Å². The topological polar surface area (TPSA) is 52.6 Å². The molecule has 1 aliphatic carbocycles. The molecule has 1 aromatic rings. The lowest BCUT2D eigenvalue weighted by Gasteiger charge is -2.27. The first-order chi connectivity index (χ1) is 14.1. The van der Waals surface area contributed by atoms with Crippen LogP contribution in [0.15, 0.2) is 42.5 Å². The Morgan fingerprint density at radius 1 is 1.07 bits per heavy atom. The first-order valence-electron chi connectivity index (χ1n) is 10.9. The van der Waals surface area contributed by atoms with E-state index in [0.29, 0.717) is 11.5 Å². The number of hydrogen-bond acceptors (Lipinski definition) is 4. The summed E-state index contributed by atoms with van der Waals surface area (Å²) < 4.78 is 10.7. The van der Waals surface area contributed by atoms with E-state index in [9.17, 15) is 9.59 Å². The standard InChI is InChI=1S/C26H36O4/c1-18(2)23(17-26(4,5)6)25(28)30-16-15-29-24(27)21-13-11-20(12-14-21)22-10-8-7-9-19(22)3/h7-8,10-14,18-19,23H,9,15-17H2,1-6H3. The summed E-state index contributed by atoms with van der Waals surface area (Å²) in [5.74, 6) is -0.104. The Labute approximate surface area is 181 Å². The van der Waals surface area contributed by atoms with Crippen LogP contribution in [0.4, 0.5) is 0 Å². The molecule has 0 radical (unpaired) electrons. The molecule has 0 bridgehead atoms. The van der Waals surface area contributed by atoms with Crippen molar-refractivity contribution in [3.05, 3.63) is 53.6 Å². The highest BCUT2D eigenvalue weighted by Crippen LogP contribution is 2.30. The Balaban J connectivity index is 1.82. The van der Waals surface area contributed by atoms with Gasteiger partial charge >= 0.3 is 11.9 Å². The minimum Gasteiger partial charge on any atom is -0.462 e. The predicted molar refractivity (Wildman–Crippen MR) is 121 cm³/mol. The number of carbonyl (C=O) groups is 2. The third-order valence-corrected chi connectivity index (χ3v) is 5.39. The molecule has 0 fully saturated rings. The molecule has 0 heterocycles. The molecule has 4 nitrogen and oxygen atoms in total. The molecular weight excluding hydrogens is 376 g/mol. The van der Waals surface area contributed by atoms with E-state index in [2.05, 4.69) is 45.9 Å². The molecule has 1 aliphatic rings. The molecule has 0 N–H and O–H groups in total. The van der Waals surface area contributed by atoms with Gasteiger partial charge in [-0.1, -0.05) is 71.9 Å². The van der Waals surface area contributed by atoms with Crippen molar-refractivity contribution in [1.29, 1.82) is 0 Å². The highest BCUT2D eigenvalue weighted by molar-refractivity contribution is 5.90. The Bertz CT molecular complexity index is 778. The van der Waals surface area contributed by atoms with Crippen molar-refractivity contribution in [3.8, 4) is 0 Å². The number of esters is 2. The molecule has 1 aromatic carbocycles. The third-order valence-electron chi connectivity index (χ3n) is 5.39. The number of carbonyl (C=O) groups excluding carboxylic acids is 2. The molecule has 0 aliphatic heterocycles. The van der Waals surface area contributed by atoms with Crippen LogP contribution in [0.25, 0.3) is 5.57 Å². The van der Waals surface area contributed by atoms with Gasteiger partial charge in [-0.15, -0.1) is 0 Å². The van der Waals surface area contributed by atoms with Crippen LogP contribution in [0.3, 0.4) is 0 Å². The van der Waals surface area contributed by atoms with Crippen molar-refractivity contribution in [2.24, 2.45) is 23.2 Å². The predicted octanol–water partition coefficient (Wildman–Crippen LogP) is 6.07. The van der Waals surface area contributed by atoms with Gasteiger partial charge in [-0.25, -0.2) is 4.79 Å². The summed E-state index contributed by atoms with van der Waals surface area (Å²) in [6.45, 7) is 12.7. The van der Waals surface area contributed by atoms with E-state index in [0.717, 1.165) is 18.4 Å². The van der Waals surface area contributed by atoms with Crippen LogP contribution in [0.5, 0.6) is 0 Å². The van der Waals surface area contributed by atoms with Crippen LogP contribution in [0.2, 0.25) is 0 Å². The van der Waals surface area contributed by atoms with Gasteiger partial charge in [-0.2, -0.15) is 0 Å². The Morgan fingerprint density at radius 3 is 2.27 bits per heavy atom. The fourth-order valence-corrected chi connectivity index (χ4v) is 3.64. The first kappa shape index (κ1) is 23.9. The maximum absolute atomic E-state index is 12.4. The molecule has 2 atom stereocenters. The second-order valence-electron chi connectivity index (χ2n) is 9.68. The van der Waals surface area contributed by atoms with Gasteiger partial charge in [0.05, 0.1) is 11.5 Å². The van der Waals surface area contributed by atoms with Gasteiger partial charge in [0.2, 0.25) is 0 Å². The minimum absolute atomic E-state index is 0.0499. The summed E-state index contributed by atoms with van der Waals surface area (Å²) >= 11 is 0. The summed E-state index contributed by atoms with van der Waals surface area (Å²) in [6.07, 6.45) is 8.16. The molecule has 0 aromatic heterocycles. The zero-order valence-electron chi connectivity index (χ0n) is 19.2. The van der Waals surface area contributed by atoms with Crippen LogP contribution in [0.1, 0.15) is 70.3 Å². The number of allylic oxidation sites excluding steroid dienone is 4. The molecule has 30 heavy (non-hydrogen) atoms. The number of benzene rings is 1. The average molecular weight is 413 g/mol. The highest BCUT2D eigenvalue weighted by Gasteiger charge is 2.28. The number of ether oxygens (including phenoxy) is 2. The molecule has 0 amide bonds. The first-order valence-corrected chi connectivity index (χ1v) is 10.9. The molecular formula is C26H36O4. The molecule has 0 saturated carbocycles. The smallest absolute Gasteiger partial charge is 0.338 e. The fraction of sp³-hybridized carbons (Fsp3) is 0.538. The van der Waals surface area contributed by atoms with Gasteiger partial charge < -0.3 is 9.47 Å². The molecule has 0 saturated heterocycles. The van der Waals surface area contributed by atoms with Crippen LogP contribution < -0.4 is 0 Å². The van der Waals surface area contributed by atoms with Crippen LogP contribution >= 0.6 is 0 Å². The normalized spacial score (nSPS) is 17.4. The van der Waals surface area contributed by atoms with E-state index in [1.807, 2.05) is 26.0 Å². The highest BCUT2D eigenvalue weighted by atomic mass is 16.6. The van der Waals surface area contributed by atoms with Gasteiger partial charge in [-0.3, -0.25) is 4.79 Å². The summed E-state index contributed by atoms with van der Waals surface area (Å²) in [6, 6.07) is 7.48. The van der Waals surface area contributed by atoms with Gasteiger partial charge in [-0.05, 0) is 53.4 Å². The van der Waals surface area contributed by atoms with E-state index in [-0.39, 0.29) is 36.4 Å². The van der Waals surface area contributed by atoms with Crippen molar-refractivity contribution in [2.45, 2.75) is 54.4 Å². The van der Waals surface area contributed by atoms with Gasteiger partial charge in [0.1, 0.15) is 13.2 Å².